The molecule has 6 nitrogen and oxygen atoms in total. The summed E-state index contributed by atoms with van der Waals surface area (Å²) in [6.07, 6.45) is 11.7. The zero-order chi connectivity index (χ0) is 23.2. The SMILES string of the molecule is COc1ccc(C=Cc2cc(C=Cc3ccc4cc[nH]c4c3)n[nH]2)cc1OCc1ccccn1. The van der Waals surface area contributed by atoms with Crippen molar-refractivity contribution in [2.24, 2.45) is 0 Å². The number of nitrogens with zero attached hydrogens (tertiary/aromatic N) is 2. The van der Waals surface area contributed by atoms with Crippen LogP contribution in [-0.2, 0) is 6.61 Å². The topological polar surface area (TPSA) is 75.8 Å². The normalized spacial score (nSPS) is 11.6. The van der Waals surface area contributed by atoms with Crippen molar-refractivity contribution in [3.63, 3.8) is 0 Å². The van der Waals surface area contributed by atoms with E-state index in [1.807, 2.05) is 66.9 Å². The number of aromatic amines is 2. The Morgan fingerprint density at radius 2 is 1.74 bits per heavy atom. The first-order chi connectivity index (χ1) is 16.8. The molecule has 5 rings (SSSR count). The van der Waals surface area contributed by atoms with Crippen LogP contribution in [0.25, 0.3) is 35.2 Å². The molecule has 0 saturated heterocycles. The second-order valence-electron chi connectivity index (χ2n) is 7.76. The molecule has 5 aromatic rings. The van der Waals surface area contributed by atoms with Gasteiger partial charge in [0.05, 0.1) is 24.2 Å². The van der Waals surface area contributed by atoms with E-state index in [1.54, 1.807) is 13.3 Å². The maximum atomic E-state index is 5.95. The number of hydrogen-bond acceptors (Lipinski definition) is 4. The predicted octanol–water partition coefficient (Wildman–Crippen LogP) is 6.21. The number of benzene rings is 2. The van der Waals surface area contributed by atoms with E-state index in [9.17, 15) is 0 Å². The van der Waals surface area contributed by atoms with Crippen LogP contribution in [0.4, 0.5) is 0 Å². The minimum absolute atomic E-state index is 0.372. The van der Waals surface area contributed by atoms with Crippen LogP contribution in [0.15, 0.2) is 79.1 Å². The lowest BCUT2D eigenvalue weighted by molar-refractivity contribution is 0.280. The lowest BCUT2D eigenvalue weighted by Gasteiger charge is -2.11. The second-order valence-corrected chi connectivity index (χ2v) is 7.76. The molecule has 168 valence electrons. The molecule has 2 aromatic carbocycles. The lowest BCUT2D eigenvalue weighted by Crippen LogP contribution is -1.99. The molecular weight excluding hydrogens is 424 g/mol. The minimum atomic E-state index is 0.372. The summed E-state index contributed by atoms with van der Waals surface area (Å²) >= 11 is 0. The Morgan fingerprint density at radius 3 is 2.62 bits per heavy atom. The van der Waals surface area contributed by atoms with Gasteiger partial charge in [-0.05, 0) is 71.1 Å². The summed E-state index contributed by atoms with van der Waals surface area (Å²) in [6, 6.07) is 22.0. The van der Waals surface area contributed by atoms with Crippen molar-refractivity contribution in [1.82, 2.24) is 20.2 Å². The van der Waals surface area contributed by atoms with Gasteiger partial charge >= 0.3 is 0 Å². The molecule has 34 heavy (non-hydrogen) atoms. The van der Waals surface area contributed by atoms with E-state index >= 15 is 0 Å². The molecule has 6 heteroatoms. The van der Waals surface area contributed by atoms with Crippen LogP contribution in [0, 0.1) is 0 Å². The molecule has 0 aliphatic carbocycles. The summed E-state index contributed by atoms with van der Waals surface area (Å²) in [4.78, 5) is 7.53. The maximum Gasteiger partial charge on any atom is 0.162 e. The standard InChI is InChI=1S/C28H24N4O2/c1-33-27-12-8-21(17-28(27)34-19-25-4-2-3-14-29-25)7-11-24-18-23(31-32-24)10-6-20-5-9-22-13-15-30-26(22)16-20/h2-18,30H,19H2,1H3,(H,31,32). The van der Waals surface area contributed by atoms with Crippen molar-refractivity contribution in [2.45, 2.75) is 6.61 Å². The van der Waals surface area contributed by atoms with Gasteiger partial charge in [-0.15, -0.1) is 0 Å². The van der Waals surface area contributed by atoms with Crippen LogP contribution in [0.3, 0.4) is 0 Å². The summed E-state index contributed by atoms with van der Waals surface area (Å²) in [5, 5.41) is 8.65. The minimum Gasteiger partial charge on any atom is -0.493 e. The Labute approximate surface area is 197 Å². The van der Waals surface area contributed by atoms with E-state index in [2.05, 4.69) is 50.5 Å². The van der Waals surface area contributed by atoms with Gasteiger partial charge in [-0.3, -0.25) is 10.1 Å². The number of rotatable bonds is 8. The number of pyridine rings is 1. The summed E-state index contributed by atoms with van der Waals surface area (Å²) < 4.78 is 11.4. The molecular formula is C28H24N4O2. The molecule has 0 aliphatic heterocycles. The summed E-state index contributed by atoms with van der Waals surface area (Å²) in [7, 11) is 1.63. The van der Waals surface area contributed by atoms with E-state index in [1.165, 1.54) is 5.39 Å². The first kappa shape index (κ1) is 21.3. The van der Waals surface area contributed by atoms with Gasteiger partial charge < -0.3 is 14.5 Å². The van der Waals surface area contributed by atoms with Crippen LogP contribution in [-0.4, -0.2) is 27.3 Å². The highest BCUT2D eigenvalue weighted by Gasteiger charge is 2.06. The zero-order valence-electron chi connectivity index (χ0n) is 18.7. The molecule has 0 atom stereocenters. The number of H-pyrrole nitrogens is 2. The van der Waals surface area contributed by atoms with Crippen molar-refractivity contribution in [2.75, 3.05) is 7.11 Å². The fraction of sp³-hybridized carbons (Fsp3) is 0.0714. The van der Waals surface area contributed by atoms with Crippen molar-refractivity contribution in [1.29, 1.82) is 0 Å². The molecule has 0 radical (unpaired) electrons. The number of ether oxygens (including phenoxy) is 2. The fourth-order valence-electron chi connectivity index (χ4n) is 3.61. The van der Waals surface area contributed by atoms with Gasteiger partial charge in [-0.1, -0.05) is 36.4 Å². The lowest BCUT2D eigenvalue weighted by atomic mass is 10.1. The summed E-state index contributed by atoms with van der Waals surface area (Å²) in [6.45, 7) is 0.372. The molecule has 0 saturated carbocycles. The molecule has 0 fully saturated rings. The monoisotopic (exact) mass is 448 g/mol. The van der Waals surface area contributed by atoms with Gasteiger partial charge in [0.2, 0.25) is 0 Å². The summed E-state index contributed by atoms with van der Waals surface area (Å²) in [5.41, 5.74) is 5.85. The molecule has 3 heterocycles. The van der Waals surface area contributed by atoms with Gasteiger partial charge in [0.25, 0.3) is 0 Å². The molecule has 0 bridgehead atoms. The Hall–Kier alpha value is -4.58. The van der Waals surface area contributed by atoms with Crippen LogP contribution in [0.2, 0.25) is 0 Å². The number of hydrogen-bond donors (Lipinski definition) is 2. The van der Waals surface area contributed by atoms with E-state index in [0.717, 1.165) is 33.7 Å². The second kappa shape index (κ2) is 9.92. The Kier molecular flexibility index (Phi) is 6.21. The number of nitrogens with one attached hydrogen (secondary N) is 2. The van der Waals surface area contributed by atoms with Crippen molar-refractivity contribution in [3.8, 4) is 11.5 Å². The largest absolute Gasteiger partial charge is 0.493 e. The number of methoxy groups -OCH3 is 1. The first-order valence-corrected chi connectivity index (χ1v) is 11.0. The molecule has 2 N–H and O–H groups in total. The molecule has 0 amide bonds. The third-order valence-electron chi connectivity index (χ3n) is 5.39. The van der Waals surface area contributed by atoms with Gasteiger partial charge in [0.1, 0.15) is 6.61 Å². The van der Waals surface area contributed by atoms with Crippen LogP contribution >= 0.6 is 0 Å². The highest BCUT2D eigenvalue weighted by atomic mass is 16.5. The first-order valence-electron chi connectivity index (χ1n) is 11.0. The number of fused-ring (bicyclic) bond motifs is 1. The van der Waals surface area contributed by atoms with Crippen molar-refractivity contribution in [3.05, 3.63) is 107 Å². The Balaban J connectivity index is 1.26. The van der Waals surface area contributed by atoms with Gasteiger partial charge in [-0.25, -0.2) is 0 Å². The third kappa shape index (κ3) is 5.07. The number of aromatic nitrogens is 4. The quantitative estimate of drug-likeness (QED) is 0.296. The van der Waals surface area contributed by atoms with Crippen LogP contribution in [0.5, 0.6) is 11.5 Å². The fourth-order valence-corrected chi connectivity index (χ4v) is 3.61. The molecule has 0 aliphatic rings. The van der Waals surface area contributed by atoms with E-state index in [0.29, 0.717) is 18.1 Å². The maximum absolute atomic E-state index is 5.95. The smallest absolute Gasteiger partial charge is 0.162 e. The summed E-state index contributed by atoms with van der Waals surface area (Å²) in [5.74, 6) is 1.35. The average Bonchev–Trinajstić information content (AvgIpc) is 3.54. The van der Waals surface area contributed by atoms with E-state index < -0.39 is 0 Å². The van der Waals surface area contributed by atoms with Crippen LogP contribution in [0.1, 0.15) is 28.2 Å². The molecule has 3 aromatic heterocycles. The molecule has 0 unspecified atom stereocenters. The van der Waals surface area contributed by atoms with Gasteiger partial charge in [0, 0.05) is 17.9 Å². The highest BCUT2D eigenvalue weighted by molar-refractivity contribution is 5.83. The van der Waals surface area contributed by atoms with Crippen molar-refractivity contribution < 1.29 is 9.47 Å². The highest BCUT2D eigenvalue weighted by Crippen LogP contribution is 2.29. The van der Waals surface area contributed by atoms with Gasteiger partial charge in [-0.2, -0.15) is 5.10 Å². The predicted molar refractivity (Wildman–Crippen MR) is 136 cm³/mol. The average molecular weight is 449 g/mol. The van der Waals surface area contributed by atoms with Crippen LogP contribution < -0.4 is 9.47 Å². The van der Waals surface area contributed by atoms with Crippen molar-refractivity contribution >= 4 is 35.2 Å². The van der Waals surface area contributed by atoms with E-state index in [-0.39, 0.29) is 0 Å². The van der Waals surface area contributed by atoms with E-state index in [4.69, 9.17) is 9.47 Å². The zero-order valence-corrected chi connectivity index (χ0v) is 18.7. The Morgan fingerprint density at radius 1 is 0.853 bits per heavy atom. The third-order valence-corrected chi connectivity index (χ3v) is 5.39. The molecule has 0 spiro atoms. The Bertz CT molecular complexity index is 1450. The van der Waals surface area contributed by atoms with Gasteiger partial charge in [0.15, 0.2) is 11.5 Å².